The summed E-state index contributed by atoms with van der Waals surface area (Å²) in [5.74, 6) is 0.567. The fourth-order valence-electron chi connectivity index (χ4n) is 2.50. The molecule has 1 aliphatic carbocycles. The van der Waals surface area contributed by atoms with Crippen LogP contribution in [0.4, 0.5) is 0 Å². The van der Waals surface area contributed by atoms with E-state index in [1.54, 1.807) is 12.4 Å². The van der Waals surface area contributed by atoms with Crippen LogP contribution in [0.2, 0.25) is 0 Å². The fourth-order valence-corrected chi connectivity index (χ4v) is 2.50. The van der Waals surface area contributed by atoms with Gasteiger partial charge in [-0.25, -0.2) is 9.97 Å². The molecule has 18 heavy (non-hydrogen) atoms. The molecule has 5 nitrogen and oxygen atoms in total. The average Bonchev–Trinajstić information content (AvgIpc) is 2.64. The highest BCUT2D eigenvalue weighted by atomic mass is 16.3. The number of aliphatic hydroxyl groups excluding tert-OH is 2. The van der Waals surface area contributed by atoms with Gasteiger partial charge in [0.25, 0.3) is 0 Å². The fraction of sp³-hybridized carbons (Fsp3) is 0.692. The Bertz CT molecular complexity index is 372. The zero-order valence-corrected chi connectivity index (χ0v) is 10.8. The van der Waals surface area contributed by atoms with E-state index in [4.69, 9.17) is 0 Å². The molecular weight excluding hydrogens is 230 g/mol. The van der Waals surface area contributed by atoms with Gasteiger partial charge in [0.05, 0.1) is 12.2 Å². The number of hydrogen-bond acceptors (Lipinski definition) is 5. The van der Waals surface area contributed by atoms with Gasteiger partial charge in [-0.15, -0.1) is 0 Å². The molecule has 0 spiro atoms. The third-order valence-corrected chi connectivity index (χ3v) is 3.46. The molecule has 1 aromatic rings. The van der Waals surface area contributed by atoms with Crippen LogP contribution in [0.3, 0.4) is 0 Å². The minimum Gasteiger partial charge on any atom is -0.390 e. The first-order valence-electron chi connectivity index (χ1n) is 6.44. The maximum atomic E-state index is 10.0. The molecule has 0 amide bonds. The number of rotatable bonds is 4. The van der Waals surface area contributed by atoms with Crippen molar-refractivity contribution in [2.45, 2.75) is 44.4 Å². The first-order chi connectivity index (χ1) is 8.59. The van der Waals surface area contributed by atoms with Gasteiger partial charge in [0.1, 0.15) is 6.33 Å². The number of aliphatic hydroxyl groups is 2. The Hall–Kier alpha value is -1.04. The molecule has 5 heteroatoms. The third-order valence-electron chi connectivity index (χ3n) is 3.46. The van der Waals surface area contributed by atoms with Crippen LogP contribution in [0.5, 0.6) is 0 Å². The van der Waals surface area contributed by atoms with Gasteiger partial charge in [-0.05, 0) is 24.4 Å². The molecule has 4 atom stereocenters. The lowest BCUT2D eigenvalue weighted by Gasteiger charge is -2.24. The number of nitrogens with one attached hydrogen (secondary N) is 1. The Morgan fingerprint density at radius 3 is 2.61 bits per heavy atom. The predicted octanol–water partition coefficient (Wildman–Crippen LogP) is 0.300. The lowest BCUT2D eigenvalue weighted by atomic mass is 9.95. The van der Waals surface area contributed by atoms with Gasteiger partial charge in [-0.1, -0.05) is 13.8 Å². The van der Waals surface area contributed by atoms with Crippen molar-refractivity contribution in [3.63, 3.8) is 0 Å². The third kappa shape index (κ3) is 2.85. The van der Waals surface area contributed by atoms with Gasteiger partial charge >= 0.3 is 0 Å². The van der Waals surface area contributed by atoms with E-state index in [-0.39, 0.29) is 12.0 Å². The van der Waals surface area contributed by atoms with Crippen LogP contribution >= 0.6 is 0 Å². The SMILES string of the molecule is CC(C)CN[C@H]1[C@H](O)[C@H](O)C[C@@H]1c1cncnc1. The van der Waals surface area contributed by atoms with Crippen molar-refractivity contribution in [2.75, 3.05) is 6.54 Å². The van der Waals surface area contributed by atoms with Crippen molar-refractivity contribution in [1.82, 2.24) is 15.3 Å². The zero-order chi connectivity index (χ0) is 13.1. The van der Waals surface area contributed by atoms with E-state index >= 15 is 0 Å². The molecule has 1 heterocycles. The van der Waals surface area contributed by atoms with E-state index in [1.807, 2.05) is 0 Å². The summed E-state index contributed by atoms with van der Waals surface area (Å²) in [5.41, 5.74) is 0.967. The Kier molecular flexibility index (Phi) is 4.27. The van der Waals surface area contributed by atoms with Crippen LogP contribution in [0.15, 0.2) is 18.7 Å². The quantitative estimate of drug-likeness (QED) is 0.717. The lowest BCUT2D eigenvalue weighted by Crippen LogP contribution is -2.43. The maximum Gasteiger partial charge on any atom is 0.115 e. The first-order valence-corrected chi connectivity index (χ1v) is 6.44. The summed E-state index contributed by atoms with van der Waals surface area (Å²) in [4.78, 5) is 8.01. The minimum atomic E-state index is -0.728. The van der Waals surface area contributed by atoms with Crippen molar-refractivity contribution >= 4 is 0 Å². The zero-order valence-electron chi connectivity index (χ0n) is 10.8. The summed E-state index contributed by atoms with van der Waals surface area (Å²) in [6.45, 7) is 5.05. The standard InChI is InChI=1S/C13H21N3O2/c1-8(2)4-16-12-10(3-11(17)13(12)18)9-5-14-7-15-6-9/h5-8,10-13,16-18H,3-4H2,1-2H3/t10-,11-,12-,13-/m1/s1. The topological polar surface area (TPSA) is 78.3 Å². The second kappa shape index (κ2) is 5.73. The molecule has 2 rings (SSSR count). The molecule has 1 fully saturated rings. The largest absolute Gasteiger partial charge is 0.390 e. The first kappa shape index (κ1) is 13.4. The second-order valence-electron chi connectivity index (χ2n) is 5.40. The molecule has 1 aromatic heterocycles. The summed E-state index contributed by atoms with van der Waals surface area (Å²) in [7, 11) is 0. The van der Waals surface area contributed by atoms with Crippen LogP contribution in [0.1, 0.15) is 31.7 Å². The van der Waals surface area contributed by atoms with Gasteiger partial charge in [-0.3, -0.25) is 0 Å². The number of aromatic nitrogens is 2. The van der Waals surface area contributed by atoms with Crippen molar-refractivity contribution < 1.29 is 10.2 Å². The maximum absolute atomic E-state index is 10.0. The van der Waals surface area contributed by atoms with Crippen molar-refractivity contribution in [3.8, 4) is 0 Å². The number of nitrogens with zero attached hydrogens (tertiary/aromatic N) is 2. The molecule has 0 radical (unpaired) electrons. The van der Waals surface area contributed by atoms with Gasteiger partial charge in [-0.2, -0.15) is 0 Å². The Morgan fingerprint density at radius 1 is 1.33 bits per heavy atom. The Labute approximate surface area is 107 Å². The Balaban J connectivity index is 2.12. The molecule has 0 aromatic carbocycles. The highest BCUT2D eigenvalue weighted by Gasteiger charge is 2.42. The van der Waals surface area contributed by atoms with Crippen LogP contribution in [0.25, 0.3) is 0 Å². The second-order valence-corrected chi connectivity index (χ2v) is 5.40. The molecule has 100 valence electrons. The average molecular weight is 251 g/mol. The van der Waals surface area contributed by atoms with Crippen LogP contribution in [0, 0.1) is 5.92 Å². The molecule has 1 aliphatic rings. The smallest absolute Gasteiger partial charge is 0.115 e. The summed E-state index contributed by atoms with van der Waals surface area (Å²) >= 11 is 0. The molecule has 0 unspecified atom stereocenters. The normalized spacial score (nSPS) is 32.1. The van der Waals surface area contributed by atoms with E-state index in [0.717, 1.165) is 12.1 Å². The van der Waals surface area contributed by atoms with Gasteiger partial charge in [0.2, 0.25) is 0 Å². The molecule has 1 saturated carbocycles. The molecule has 0 bridgehead atoms. The monoisotopic (exact) mass is 251 g/mol. The summed E-state index contributed by atoms with van der Waals surface area (Å²) in [5, 5.41) is 23.2. The van der Waals surface area contributed by atoms with Crippen molar-refractivity contribution in [3.05, 3.63) is 24.3 Å². The van der Waals surface area contributed by atoms with E-state index in [0.29, 0.717) is 12.3 Å². The van der Waals surface area contributed by atoms with Crippen LogP contribution < -0.4 is 5.32 Å². The van der Waals surface area contributed by atoms with Gasteiger partial charge < -0.3 is 15.5 Å². The van der Waals surface area contributed by atoms with Crippen molar-refractivity contribution in [1.29, 1.82) is 0 Å². The molecular formula is C13H21N3O2. The van der Waals surface area contributed by atoms with Crippen LogP contribution in [-0.4, -0.2) is 45.0 Å². The molecule has 0 saturated heterocycles. The van der Waals surface area contributed by atoms with Crippen LogP contribution in [-0.2, 0) is 0 Å². The van der Waals surface area contributed by atoms with E-state index < -0.39 is 12.2 Å². The van der Waals surface area contributed by atoms with E-state index in [2.05, 4.69) is 29.1 Å². The van der Waals surface area contributed by atoms with E-state index in [9.17, 15) is 10.2 Å². The highest BCUT2D eigenvalue weighted by Crippen LogP contribution is 2.34. The van der Waals surface area contributed by atoms with E-state index in [1.165, 1.54) is 6.33 Å². The highest BCUT2D eigenvalue weighted by molar-refractivity contribution is 5.19. The predicted molar refractivity (Wildman–Crippen MR) is 68.0 cm³/mol. The Morgan fingerprint density at radius 2 is 2.00 bits per heavy atom. The molecule has 3 N–H and O–H groups in total. The summed E-state index contributed by atoms with van der Waals surface area (Å²) in [6.07, 6.45) is 4.14. The lowest BCUT2D eigenvalue weighted by molar-refractivity contribution is 0.0296. The summed E-state index contributed by atoms with van der Waals surface area (Å²) in [6, 6.07) is -0.131. The number of hydrogen-bond donors (Lipinski definition) is 3. The van der Waals surface area contributed by atoms with Gasteiger partial charge in [0, 0.05) is 24.4 Å². The summed E-state index contributed by atoms with van der Waals surface area (Å²) < 4.78 is 0. The minimum absolute atomic E-state index is 0.0648. The molecule has 0 aliphatic heterocycles. The van der Waals surface area contributed by atoms with Gasteiger partial charge in [0.15, 0.2) is 0 Å². The van der Waals surface area contributed by atoms with Crippen molar-refractivity contribution in [2.24, 2.45) is 5.92 Å².